The number of halogens is 3. The van der Waals surface area contributed by atoms with Crippen LogP contribution in [0, 0.1) is 0 Å². The van der Waals surface area contributed by atoms with Crippen LogP contribution in [0.5, 0.6) is 11.5 Å². The number of anilines is 1. The van der Waals surface area contributed by atoms with Gasteiger partial charge in [0, 0.05) is 23.2 Å². The summed E-state index contributed by atoms with van der Waals surface area (Å²) >= 11 is 0. The van der Waals surface area contributed by atoms with E-state index in [0.717, 1.165) is 12.1 Å². The number of benzene rings is 2. The molecule has 6 nitrogen and oxygen atoms in total. The van der Waals surface area contributed by atoms with E-state index in [1.807, 2.05) is 0 Å². The lowest BCUT2D eigenvalue weighted by atomic mass is 10.2. The van der Waals surface area contributed by atoms with Gasteiger partial charge in [-0.25, -0.2) is 4.79 Å². The molecule has 0 aliphatic carbocycles. The molecule has 3 rings (SSSR count). The summed E-state index contributed by atoms with van der Waals surface area (Å²) in [6.45, 7) is 1.50. The van der Waals surface area contributed by atoms with Crippen LogP contribution in [0.15, 0.2) is 63.8 Å². The molecule has 1 N–H and O–H groups in total. The second kappa shape index (κ2) is 7.63. The number of amides is 1. The Morgan fingerprint density at radius 2 is 1.68 bits per heavy atom. The van der Waals surface area contributed by atoms with Crippen LogP contribution in [-0.4, -0.2) is 18.4 Å². The number of fused-ring (bicyclic) bond motifs is 1. The van der Waals surface area contributed by atoms with E-state index in [0.29, 0.717) is 16.7 Å². The van der Waals surface area contributed by atoms with Gasteiger partial charge < -0.3 is 19.2 Å². The Balaban J connectivity index is 1.63. The fourth-order valence-corrected chi connectivity index (χ4v) is 2.36. The molecule has 0 unspecified atom stereocenters. The molecule has 28 heavy (non-hydrogen) atoms. The number of carbonyl (C=O) groups is 1. The van der Waals surface area contributed by atoms with Crippen molar-refractivity contribution in [3.8, 4) is 11.5 Å². The summed E-state index contributed by atoms with van der Waals surface area (Å²) in [6.07, 6.45) is -5.70. The smallest absolute Gasteiger partial charge is 0.481 e. The van der Waals surface area contributed by atoms with Crippen molar-refractivity contribution in [1.29, 1.82) is 0 Å². The molecule has 0 spiro atoms. The zero-order chi connectivity index (χ0) is 20.3. The molecule has 9 heteroatoms. The minimum atomic E-state index is -4.79. The fraction of sp³-hybridized carbons (Fsp3) is 0.158. The average Bonchev–Trinajstić information content (AvgIpc) is 2.61. The molecule has 0 fully saturated rings. The molecule has 1 amide bonds. The second-order valence-electron chi connectivity index (χ2n) is 5.78. The van der Waals surface area contributed by atoms with Crippen molar-refractivity contribution < 1.29 is 31.9 Å². The van der Waals surface area contributed by atoms with E-state index in [1.165, 1.54) is 31.2 Å². The topological polar surface area (TPSA) is 77.8 Å². The van der Waals surface area contributed by atoms with Gasteiger partial charge in [0.15, 0.2) is 6.10 Å². The number of ether oxygens (including phenoxy) is 2. The van der Waals surface area contributed by atoms with Gasteiger partial charge in [0.25, 0.3) is 5.91 Å². The lowest BCUT2D eigenvalue weighted by molar-refractivity contribution is -0.274. The standard InChI is InChI=1S/C19H14F3NO5/c1-11(26-15-6-2-12-3-9-17(24)27-16(12)10-15)18(25)23-13-4-7-14(8-5-13)28-19(20,21)22/h2-11H,1H3,(H,23,25)/t11-/m1/s1. The van der Waals surface area contributed by atoms with Gasteiger partial charge in [-0.3, -0.25) is 4.79 Å². The molecule has 2 aromatic carbocycles. The summed E-state index contributed by atoms with van der Waals surface area (Å²) in [7, 11) is 0. The Kier molecular flexibility index (Phi) is 5.25. The first kappa shape index (κ1) is 19.3. The highest BCUT2D eigenvalue weighted by Gasteiger charge is 2.31. The van der Waals surface area contributed by atoms with Crippen molar-refractivity contribution in [2.45, 2.75) is 19.4 Å². The molecule has 0 bridgehead atoms. The van der Waals surface area contributed by atoms with Crippen LogP contribution < -0.4 is 20.4 Å². The van der Waals surface area contributed by atoms with Gasteiger partial charge >= 0.3 is 12.0 Å². The van der Waals surface area contributed by atoms with Crippen LogP contribution in [-0.2, 0) is 4.79 Å². The molecule has 0 radical (unpaired) electrons. The van der Waals surface area contributed by atoms with Crippen LogP contribution in [0.3, 0.4) is 0 Å². The van der Waals surface area contributed by atoms with Gasteiger partial charge in [-0.15, -0.1) is 13.2 Å². The molecular formula is C19H14F3NO5. The lowest BCUT2D eigenvalue weighted by Gasteiger charge is -2.15. The quantitative estimate of drug-likeness (QED) is 0.661. The molecule has 0 saturated carbocycles. The Bertz CT molecular complexity index is 1040. The minimum absolute atomic E-state index is 0.277. The number of carbonyl (C=O) groups excluding carboxylic acids is 1. The molecule has 1 atom stereocenters. The number of hydrogen-bond donors (Lipinski definition) is 1. The van der Waals surface area contributed by atoms with Gasteiger partial charge in [0.2, 0.25) is 0 Å². The van der Waals surface area contributed by atoms with Crippen LogP contribution in [0.25, 0.3) is 11.0 Å². The van der Waals surface area contributed by atoms with E-state index < -0.39 is 29.7 Å². The number of hydrogen-bond acceptors (Lipinski definition) is 5. The van der Waals surface area contributed by atoms with Crippen LogP contribution in [0.1, 0.15) is 6.92 Å². The van der Waals surface area contributed by atoms with Crippen molar-refractivity contribution in [3.63, 3.8) is 0 Å². The van der Waals surface area contributed by atoms with E-state index in [2.05, 4.69) is 10.1 Å². The highest BCUT2D eigenvalue weighted by Crippen LogP contribution is 2.24. The molecule has 0 saturated heterocycles. The average molecular weight is 393 g/mol. The summed E-state index contributed by atoms with van der Waals surface area (Å²) in [4.78, 5) is 23.5. The van der Waals surface area contributed by atoms with Gasteiger partial charge in [-0.1, -0.05) is 0 Å². The van der Waals surface area contributed by atoms with Crippen LogP contribution in [0.2, 0.25) is 0 Å². The maximum Gasteiger partial charge on any atom is 0.573 e. The summed E-state index contributed by atoms with van der Waals surface area (Å²) in [5.74, 6) is -0.593. The molecule has 146 valence electrons. The Labute approximate surface area is 156 Å². The zero-order valence-corrected chi connectivity index (χ0v) is 14.4. The monoisotopic (exact) mass is 393 g/mol. The third-order valence-electron chi connectivity index (χ3n) is 3.63. The Morgan fingerprint density at radius 3 is 2.36 bits per heavy atom. The first-order valence-electron chi connectivity index (χ1n) is 8.07. The highest BCUT2D eigenvalue weighted by atomic mass is 19.4. The predicted octanol–water partition coefficient (Wildman–Crippen LogP) is 4.10. The van der Waals surface area contributed by atoms with Gasteiger partial charge in [-0.05, 0) is 49.4 Å². The minimum Gasteiger partial charge on any atom is -0.481 e. The first-order valence-corrected chi connectivity index (χ1v) is 8.07. The maximum atomic E-state index is 12.2. The molecule has 3 aromatic rings. The third kappa shape index (κ3) is 5.03. The van der Waals surface area contributed by atoms with Crippen molar-refractivity contribution in [3.05, 3.63) is 65.0 Å². The molecule has 0 aliphatic rings. The fourth-order valence-electron chi connectivity index (χ4n) is 2.36. The van der Waals surface area contributed by atoms with E-state index in [1.54, 1.807) is 18.2 Å². The van der Waals surface area contributed by atoms with Gasteiger partial charge in [0.1, 0.15) is 17.1 Å². The normalized spacial score (nSPS) is 12.4. The van der Waals surface area contributed by atoms with Gasteiger partial charge in [-0.2, -0.15) is 0 Å². The number of nitrogens with one attached hydrogen (secondary N) is 1. The lowest BCUT2D eigenvalue weighted by Crippen LogP contribution is -2.30. The number of alkyl halides is 3. The molecule has 0 aliphatic heterocycles. The summed E-state index contributed by atoms with van der Waals surface area (Å²) < 4.78 is 50.8. The van der Waals surface area contributed by atoms with Crippen molar-refractivity contribution in [2.24, 2.45) is 0 Å². The van der Waals surface area contributed by atoms with Crippen molar-refractivity contribution in [2.75, 3.05) is 5.32 Å². The zero-order valence-electron chi connectivity index (χ0n) is 14.4. The SMILES string of the molecule is C[C@@H](Oc1ccc2ccc(=O)oc2c1)C(=O)Nc1ccc(OC(F)(F)F)cc1. The summed E-state index contributed by atoms with van der Waals surface area (Å²) in [5.41, 5.74) is 0.0886. The Morgan fingerprint density at radius 1 is 1.04 bits per heavy atom. The van der Waals surface area contributed by atoms with Gasteiger partial charge in [0.05, 0.1) is 0 Å². The maximum absolute atomic E-state index is 12.2. The number of rotatable bonds is 5. The molecular weight excluding hydrogens is 379 g/mol. The van der Waals surface area contributed by atoms with E-state index in [-0.39, 0.29) is 5.69 Å². The Hall–Kier alpha value is -3.49. The highest BCUT2D eigenvalue weighted by molar-refractivity contribution is 5.94. The molecule has 1 aromatic heterocycles. The second-order valence-corrected chi connectivity index (χ2v) is 5.78. The largest absolute Gasteiger partial charge is 0.573 e. The molecule has 1 heterocycles. The van der Waals surface area contributed by atoms with E-state index >= 15 is 0 Å². The van der Waals surface area contributed by atoms with Crippen molar-refractivity contribution in [1.82, 2.24) is 0 Å². The van der Waals surface area contributed by atoms with Crippen molar-refractivity contribution >= 4 is 22.6 Å². The first-order chi connectivity index (χ1) is 13.2. The van der Waals surface area contributed by atoms with Crippen LogP contribution in [0.4, 0.5) is 18.9 Å². The summed E-state index contributed by atoms with van der Waals surface area (Å²) in [6, 6.07) is 12.4. The third-order valence-corrected chi connectivity index (χ3v) is 3.63. The van der Waals surface area contributed by atoms with Crippen LogP contribution >= 0.6 is 0 Å². The summed E-state index contributed by atoms with van der Waals surface area (Å²) in [5, 5.41) is 3.22. The predicted molar refractivity (Wildman–Crippen MR) is 94.3 cm³/mol. The van der Waals surface area contributed by atoms with E-state index in [9.17, 15) is 22.8 Å². The van der Waals surface area contributed by atoms with E-state index in [4.69, 9.17) is 9.15 Å².